The quantitative estimate of drug-likeness (QED) is 0.849. The summed E-state index contributed by atoms with van der Waals surface area (Å²) in [6.07, 6.45) is 15.0. The van der Waals surface area contributed by atoms with Gasteiger partial charge in [-0.25, -0.2) is 0 Å². The highest BCUT2D eigenvalue weighted by Crippen LogP contribution is 2.50. The second kappa shape index (κ2) is 5.96. The van der Waals surface area contributed by atoms with Crippen molar-refractivity contribution < 1.29 is 0 Å². The van der Waals surface area contributed by atoms with Gasteiger partial charge in [0.1, 0.15) is 0 Å². The summed E-state index contributed by atoms with van der Waals surface area (Å²) in [6, 6.07) is 1.70. The van der Waals surface area contributed by atoms with Crippen LogP contribution < -0.4 is 5.32 Å². The van der Waals surface area contributed by atoms with Gasteiger partial charge >= 0.3 is 0 Å². The first-order valence-corrected chi connectivity index (χ1v) is 9.39. The maximum absolute atomic E-state index is 3.78. The van der Waals surface area contributed by atoms with Gasteiger partial charge in [-0.05, 0) is 37.0 Å². The Morgan fingerprint density at radius 3 is 2.60 bits per heavy atom. The third-order valence-electron chi connectivity index (χ3n) is 6.71. The minimum atomic E-state index is 0.824. The maximum atomic E-state index is 3.78. The molecule has 2 heteroatoms. The molecular formula is C18H32N2. The molecule has 1 N–H and O–H groups in total. The molecule has 0 aromatic heterocycles. The molecule has 0 amide bonds. The Morgan fingerprint density at radius 2 is 1.70 bits per heavy atom. The number of hydrogen-bond donors (Lipinski definition) is 1. The molecule has 4 aliphatic rings. The van der Waals surface area contributed by atoms with Crippen LogP contribution in [-0.4, -0.2) is 36.6 Å². The van der Waals surface area contributed by atoms with E-state index in [-0.39, 0.29) is 0 Å². The van der Waals surface area contributed by atoms with Crippen molar-refractivity contribution in [1.29, 1.82) is 0 Å². The molecule has 3 aliphatic carbocycles. The Balaban J connectivity index is 1.30. The van der Waals surface area contributed by atoms with E-state index in [1.165, 1.54) is 64.6 Å². The Kier molecular flexibility index (Phi) is 4.05. The zero-order chi connectivity index (χ0) is 13.4. The summed E-state index contributed by atoms with van der Waals surface area (Å²) in [7, 11) is 0. The second-order valence-electron chi connectivity index (χ2n) is 7.97. The Labute approximate surface area is 124 Å². The van der Waals surface area contributed by atoms with Crippen LogP contribution in [0.5, 0.6) is 0 Å². The lowest BCUT2D eigenvalue weighted by atomic mass is 9.84. The lowest BCUT2D eigenvalue weighted by molar-refractivity contribution is 0.0807. The van der Waals surface area contributed by atoms with Crippen molar-refractivity contribution in [2.75, 3.05) is 19.6 Å². The van der Waals surface area contributed by atoms with Gasteiger partial charge in [0.05, 0.1) is 0 Å². The van der Waals surface area contributed by atoms with Crippen LogP contribution in [0.4, 0.5) is 0 Å². The van der Waals surface area contributed by atoms with Gasteiger partial charge in [0.2, 0.25) is 0 Å². The number of rotatable bonds is 3. The predicted molar refractivity (Wildman–Crippen MR) is 83.8 cm³/mol. The fourth-order valence-corrected chi connectivity index (χ4v) is 5.49. The standard InChI is InChI=1S/C18H32N2/c1-2-6-14(7-3-1)16-12-15(16)13-20-11-10-19-17-8-4-5-9-18(17)20/h14-19H,1-13H2/t15-,16-,17-,18+/m1/s1. The van der Waals surface area contributed by atoms with Gasteiger partial charge in [0, 0.05) is 31.7 Å². The lowest BCUT2D eigenvalue weighted by Gasteiger charge is -2.45. The van der Waals surface area contributed by atoms with Gasteiger partial charge in [0.25, 0.3) is 0 Å². The van der Waals surface area contributed by atoms with E-state index in [0.29, 0.717) is 0 Å². The fraction of sp³-hybridized carbons (Fsp3) is 1.00. The van der Waals surface area contributed by atoms with E-state index in [9.17, 15) is 0 Å². The number of piperazine rings is 1. The molecule has 4 rings (SSSR count). The minimum absolute atomic E-state index is 0.824. The summed E-state index contributed by atoms with van der Waals surface area (Å²) in [5, 5.41) is 3.78. The molecule has 1 aliphatic heterocycles. The third-order valence-corrected chi connectivity index (χ3v) is 6.71. The van der Waals surface area contributed by atoms with Crippen LogP contribution in [0.15, 0.2) is 0 Å². The lowest BCUT2D eigenvalue weighted by Crippen LogP contribution is -2.59. The predicted octanol–water partition coefficient (Wildman–Crippen LogP) is 3.42. The molecule has 1 saturated heterocycles. The largest absolute Gasteiger partial charge is 0.311 e. The van der Waals surface area contributed by atoms with E-state index in [1.54, 1.807) is 19.3 Å². The van der Waals surface area contributed by atoms with E-state index < -0.39 is 0 Å². The normalized spacial score (nSPS) is 43.2. The van der Waals surface area contributed by atoms with Crippen molar-refractivity contribution in [3.63, 3.8) is 0 Å². The Bertz CT molecular complexity index is 321. The van der Waals surface area contributed by atoms with Crippen molar-refractivity contribution in [2.45, 2.75) is 76.3 Å². The number of nitrogens with zero attached hydrogens (tertiary/aromatic N) is 1. The first kappa shape index (κ1) is 13.6. The molecular weight excluding hydrogens is 244 g/mol. The number of hydrogen-bond acceptors (Lipinski definition) is 2. The molecule has 4 fully saturated rings. The van der Waals surface area contributed by atoms with E-state index in [0.717, 1.165) is 29.8 Å². The summed E-state index contributed by atoms with van der Waals surface area (Å²) in [5.41, 5.74) is 0. The average molecular weight is 276 g/mol. The summed E-state index contributed by atoms with van der Waals surface area (Å²) in [4.78, 5) is 2.88. The molecule has 114 valence electrons. The van der Waals surface area contributed by atoms with Gasteiger partial charge in [-0.2, -0.15) is 0 Å². The number of fused-ring (bicyclic) bond motifs is 1. The fourth-order valence-electron chi connectivity index (χ4n) is 5.49. The monoisotopic (exact) mass is 276 g/mol. The van der Waals surface area contributed by atoms with Gasteiger partial charge in [-0.3, -0.25) is 4.90 Å². The first-order chi connectivity index (χ1) is 9.92. The molecule has 0 radical (unpaired) electrons. The SMILES string of the molecule is C1CCC([C@H]2C[C@@H]2CN2CCN[C@@H]3CCCC[C@@H]32)CC1. The molecule has 3 saturated carbocycles. The number of nitrogens with one attached hydrogen (secondary N) is 1. The van der Waals surface area contributed by atoms with Crippen molar-refractivity contribution in [3.8, 4) is 0 Å². The summed E-state index contributed by atoms with van der Waals surface area (Å²) >= 11 is 0. The van der Waals surface area contributed by atoms with Crippen LogP contribution in [0.25, 0.3) is 0 Å². The minimum Gasteiger partial charge on any atom is -0.311 e. The molecule has 0 aromatic rings. The van der Waals surface area contributed by atoms with Gasteiger partial charge in [-0.1, -0.05) is 44.9 Å². The topological polar surface area (TPSA) is 15.3 Å². The molecule has 0 aromatic carbocycles. The summed E-state index contributed by atoms with van der Waals surface area (Å²) in [6.45, 7) is 3.99. The van der Waals surface area contributed by atoms with Crippen LogP contribution >= 0.6 is 0 Å². The highest BCUT2D eigenvalue weighted by Gasteiger charge is 2.45. The van der Waals surface area contributed by atoms with Crippen LogP contribution in [0.3, 0.4) is 0 Å². The Hall–Kier alpha value is -0.0800. The molecule has 0 unspecified atom stereocenters. The van der Waals surface area contributed by atoms with Crippen molar-refractivity contribution in [1.82, 2.24) is 10.2 Å². The van der Waals surface area contributed by atoms with E-state index in [4.69, 9.17) is 0 Å². The van der Waals surface area contributed by atoms with Crippen LogP contribution in [-0.2, 0) is 0 Å². The molecule has 20 heavy (non-hydrogen) atoms. The summed E-state index contributed by atoms with van der Waals surface area (Å²) in [5.74, 6) is 3.30. The molecule has 4 atom stereocenters. The molecule has 0 bridgehead atoms. The highest BCUT2D eigenvalue weighted by molar-refractivity contribution is 4.98. The van der Waals surface area contributed by atoms with Crippen molar-refractivity contribution in [2.24, 2.45) is 17.8 Å². The second-order valence-corrected chi connectivity index (χ2v) is 7.97. The van der Waals surface area contributed by atoms with E-state index in [2.05, 4.69) is 10.2 Å². The van der Waals surface area contributed by atoms with E-state index in [1.807, 2.05) is 0 Å². The summed E-state index contributed by atoms with van der Waals surface area (Å²) < 4.78 is 0. The first-order valence-electron chi connectivity index (χ1n) is 9.39. The van der Waals surface area contributed by atoms with Crippen molar-refractivity contribution >= 4 is 0 Å². The maximum Gasteiger partial charge on any atom is 0.0250 e. The molecule has 0 spiro atoms. The van der Waals surface area contributed by atoms with Crippen LogP contribution in [0.1, 0.15) is 64.2 Å². The average Bonchev–Trinajstić information content (AvgIpc) is 3.28. The smallest absolute Gasteiger partial charge is 0.0250 e. The molecule has 2 nitrogen and oxygen atoms in total. The zero-order valence-electron chi connectivity index (χ0n) is 13.0. The van der Waals surface area contributed by atoms with Crippen LogP contribution in [0, 0.1) is 17.8 Å². The Morgan fingerprint density at radius 1 is 0.900 bits per heavy atom. The van der Waals surface area contributed by atoms with Crippen LogP contribution in [0.2, 0.25) is 0 Å². The van der Waals surface area contributed by atoms with E-state index >= 15 is 0 Å². The third kappa shape index (κ3) is 2.78. The zero-order valence-corrected chi connectivity index (χ0v) is 13.0. The van der Waals surface area contributed by atoms with Crippen molar-refractivity contribution in [3.05, 3.63) is 0 Å². The van der Waals surface area contributed by atoms with Gasteiger partial charge < -0.3 is 5.32 Å². The molecule has 1 heterocycles. The van der Waals surface area contributed by atoms with Gasteiger partial charge in [-0.15, -0.1) is 0 Å². The highest BCUT2D eigenvalue weighted by atomic mass is 15.2. The van der Waals surface area contributed by atoms with Gasteiger partial charge in [0.15, 0.2) is 0 Å².